The van der Waals surface area contributed by atoms with Crippen molar-refractivity contribution in [2.24, 2.45) is 0 Å². The molecule has 4 nitrogen and oxygen atoms in total. The zero-order chi connectivity index (χ0) is 20.9. The lowest BCUT2D eigenvalue weighted by atomic mass is 9.98. The van der Waals surface area contributed by atoms with E-state index in [0.717, 1.165) is 27.1 Å². The number of para-hydroxylation sites is 1. The molecule has 5 heteroatoms. The van der Waals surface area contributed by atoms with E-state index >= 15 is 0 Å². The van der Waals surface area contributed by atoms with Gasteiger partial charge in [-0.05, 0) is 31.0 Å². The zero-order valence-corrected chi connectivity index (χ0v) is 17.8. The number of rotatable bonds is 6. The van der Waals surface area contributed by atoms with Crippen LogP contribution < -0.4 is 5.32 Å². The third-order valence-corrected chi connectivity index (χ3v) is 5.99. The third kappa shape index (κ3) is 4.52. The van der Waals surface area contributed by atoms with Crippen LogP contribution in [0.25, 0.3) is 10.9 Å². The molecule has 0 saturated heterocycles. The lowest BCUT2D eigenvalue weighted by Gasteiger charge is -2.22. The Kier molecular flexibility index (Phi) is 6.10. The molecule has 1 heterocycles. The molecule has 1 atom stereocenters. The topological polar surface area (TPSA) is 54.9 Å². The second-order valence-electron chi connectivity index (χ2n) is 7.12. The maximum atomic E-state index is 13.2. The van der Waals surface area contributed by atoms with E-state index in [0.29, 0.717) is 5.82 Å². The van der Waals surface area contributed by atoms with E-state index in [9.17, 15) is 4.79 Å². The van der Waals surface area contributed by atoms with Crippen molar-refractivity contribution in [3.8, 4) is 0 Å². The van der Waals surface area contributed by atoms with Gasteiger partial charge >= 0.3 is 0 Å². The van der Waals surface area contributed by atoms with Crippen molar-refractivity contribution in [3.05, 3.63) is 102 Å². The van der Waals surface area contributed by atoms with Crippen molar-refractivity contribution >= 4 is 28.6 Å². The van der Waals surface area contributed by atoms with Gasteiger partial charge in [0.1, 0.15) is 10.9 Å². The fourth-order valence-electron chi connectivity index (χ4n) is 3.38. The Morgan fingerprint density at radius 1 is 0.833 bits per heavy atom. The molecule has 0 unspecified atom stereocenters. The smallest absolute Gasteiger partial charge is 0.234 e. The molecule has 0 aliphatic carbocycles. The first-order valence-electron chi connectivity index (χ1n) is 9.92. The molecule has 150 valence electrons. The van der Waals surface area contributed by atoms with Crippen LogP contribution >= 0.6 is 11.8 Å². The van der Waals surface area contributed by atoms with Gasteiger partial charge in [-0.15, -0.1) is 0 Å². The highest BCUT2D eigenvalue weighted by Gasteiger charge is 2.22. The predicted molar refractivity (Wildman–Crippen MR) is 122 cm³/mol. The molecule has 0 saturated carbocycles. The van der Waals surface area contributed by atoms with E-state index in [4.69, 9.17) is 0 Å². The highest BCUT2D eigenvalue weighted by molar-refractivity contribution is 8.00. The van der Waals surface area contributed by atoms with Crippen molar-refractivity contribution in [2.45, 2.75) is 30.2 Å². The summed E-state index contributed by atoms with van der Waals surface area (Å²) in [6.07, 6.45) is 0. The number of carbonyl (C=O) groups excluding carboxylic acids is 1. The molecular formula is C25H23N3OS. The number of nitrogens with one attached hydrogen (secondary N) is 1. The van der Waals surface area contributed by atoms with Crippen molar-refractivity contribution in [2.75, 3.05) is 0 Å². The summed E-state index contributed by atoms with van der Waals surface area (Å²) < 4.78 is 0. The molecule has 0 bridgehead atoms. The van der Waals surface area contributed by atoms with Crippen LogP contribution in [-0.4, -0.2) is 21.1 Å². The molecular weight excluding hydrogens is 390 g/mol. The number of benzene rings is 3. The largest absolute Gasteiger partial charge is 0.344 e. The highest BCUT2D eigenvalue weighted by atomic mass is 32.2. The number of nitrogens with zero attached hydrogens (tertiary/aromatic N) is 2. The second kappa shape index (κ2) is 9.09. The van der Waals surface area contributed by atoms with Gasteiger partial charge in [0, 0.05) is 5.39 Å². The number of fused-ring (bicyclic) bond motifs is 1. The van der Waals surface area contributed by atoms with Crippen LogP contribution in [-0.2, 0) is 4.79 Å². The minimum atomic E-state index is -0.308. The maximum absolute atomic E-state index is 13.2. The molecule has 0 aliphatic rings. The molecule has 0 aliphatic heterocycles. The number of thioether (sulfide) groups is 1. The van der Waals surface area contributed by atoms with Gasteiger partial charge in [0.25, 0.3) is 0 Å². The molecule has 30 heavy (non-hydrogen) atoms. The summed E-state index contributed by atoms with van der Waals surface area (Å²) >= 11 is 1.46. The molecule has 1 N–H and O–H groups in total. The van der Waals surface area contributed by atoms with Gasteiger partial charge in [0.05, 0.1) is 16.8 Å². The van der Waals surface area contributed by atoms with E-state index < -0.39 is 0 Å². The summed E-state index contributed by atoms with van der Waals surface area (Å²) in [5.74, 6) is 0.674. The first-order valence-corrected chi connectivity index (χ1v) is 10.8. The summed E-state index contributed by atoms with van der Waals surface area (Å²) in [7, 11) is 0. The molecule has 0 radical (unpaired) electrons. The van der Waals surface area contributed by atoms with Gasteiger partial charge in [-0.1, -0.05) is 90.6 Å². The predicted octanol–water partition coefficient (Wildman–Crippen LogP) is 5.32. The molecule has 1 aromatic heterocycles. The minimum absolute atomic E-state index is 0.0296. The molecule has 0 fully saturated rings. The van der Waals surface area contributed by atoms with Crippen LogP contribution in [0.2, 0.25) is 0 Å². The van der Waals surface area contributed by atoms with Crippen LogP contribution in [0.3, 0.4) is 0 Å². The highest BCUT2D eigenvalue weighted by Crippen LogP contribution is 2.29. The van der Waals surface area contributed by atoms with E-state index in [1.54, 1.807) is 0 Å². The Morgan fingerprint density at radius 3 is 2.03 bits per heavy atom. The Labute approximate surface area is 180 Å². The monoisotopic (exact) mass is 413 g/mol. The molecule has 4 aromatic rings. The van der Waals surface area contributed by atoms with E-state index in [1.807, 2.05) is 98.8 Å². The van der Waals surface area contributed by atoms with Gasteiger partial charge in [0.15, 0.2) is 0 Å². The quantitative estimate of drug-likeness (QED) is 0.343. The van der Waals surface area contributed by atoms with E-state index in [-0.39, 0.29) is 17.2 Å². The van der Waals surface area contributed by atoms with Gasteiger partial charge in [-0.3, -0.25) is 4.79 Å². The first kappa shape index (κ1) is 20.1. The molecule has 0 spiro atoms. The summed E-state index contributed by atoms with van der Waals surface area (Å²) in [5.41, 5.74) is 3.00. The number of amides is 1. The zero-order valence-electron chi connectivity index (χ0n) is 16.9. The maximum Gasteiger partial charge on any atom is 0.234 e. The lowest BCUT2D eigenvalue weighted by molar-refractivity contribution is -0.120. The average Bonchev–Trinajstić information content (AvgIpc) is 2.78. The number of carbonyl (C=O) groups is 1. The van der Waals surface area contributed by atoms with Crippen LogP contribution in [0.15, 0.2) is 90.0 Å². The van der Waals surface area contributed by atoms with Crippen molar-refractivity contribution in [1.29, 1.82) is 0 Å². The van der Waals surface area contributed by atoms with Crippen molar-refractivity contribution in [3.63, 3.8) is 0 Å². The normalized spacial score (nSPS) is 12.1. The SMILES string of the molecule is Cc1nc(S[C@@H](C)C(=O)NC(c2ccccc2)c2ccccc2)c2ccccc2n1. The van der Waals surface area contributed by atoms with E-state index in [1.165, 1.54) is 11.8 Å². The van der Waals surface area contributed by atoms with Crippen LogP contribution in [0.1, 0.15) is 29.9 Å². The molecule has 4 rings (SSSR count). The summed E-state index contributed by atoms with van der Waals surface area (Å²) in [4.78, 5) is 22.2. The Balaban J connectivity index is 1.58. The van der Waals surface area contributed by atoms with Crippen LogP contribution in [0.4, 0.5) is 0 Å². The van der Waals surface area contributed by atoms with E-state index in [2.05, 4.69) is 15.3 Å². The summed E-state index contributed by atoms with van der Waals surface area (Å²) in [6.45, 7) is 3.79. The lowest BCUT2D eigenvalue weighted by Crippen LogP contribution is -2.35. The van der Waals surface area contributed by atoms with Crippen LogP contribution in [0, 0.1) is 6.92 Å². The van der Waals surface area contributed by atoms with Crippen LogP contribution in [0.5, 0.6) is 0 Å². The number of aryl methyl sites for hydroxylation is 1. The number of aromatic nitrogens is 2. The van der Waals surface area contributed by atoms with Crippen molar-refractivity contribution < 1.29 is 4.79 Å². The van der Waals surface area contributed by atoms with Crippen molar-refractivity contribution in [1.82, 2.24) is 15.3 Å². The van der Waals surface area contributed by atoms with Gasteiger partial charge in [0.2, 0.25) is 5.91 Å². The Bertz CT molecular complexity index is 1110. The second-order valence-corrected chi connectivity index (χ2v) is 8.45. The number of hydrogen-bond donors (Lipinski definition) is 1. The average molecular weight is 414 g/mol. The van der Waals surface area contributed by atoms with Gasteiger partial charge in [-0.25, -0.2) is 9.97 Å². The fraction of sp³-hybridized carbons (Fsp3) is 0.160. The minimum Gasteiger partial charge on any atom is -0.344 e. The molecule has 3 aromatic carbocycles. The summed E-state index contributed by atoms with van der Waals surface area (Å²) in [5, 5.41) is 4.72. The molecule has 1 amide bonds. The third-order valence-electron chi connectivity index (χ3n) is 4.89. The Morgan fingerprint density at radius 2 is 1.40 bits per heavy atom. The number of hydrogen-bond acceptors (Lipinski definition) is 4. The summed E-state index contributed by atoms with van der Waals surface area (Å²) in [6, 6.07) is 27.8. The van der Waals surface area contributed by atoms with Gasteiger partial charge < -0.3 is 5.32 Å². The standard InChI is InChI=1S/C25H23N3OS/c1-17(30-25-21-15-9-10-16-22(21)26-18(2)27-25)24(29)28-23(19-11-5-3-6-12-19)20-13-7-4-8-14-20/h3-17,23H,1-2H3,(H,28,29)/t17-/m0/s1. The Hall–Kier alpha value is -3.18. The fourth-order valence-corrected chi connectivity index (χ4v) is 4.37. The van der Waals surface area contributed by atoms with Gasteiger partial charge in [-0.2, -0.15) is 0 Å². The first-order chi connectivity index (χ1) is 14.6.